The highest BCUT2D eigenvalue weighted by Gasteiger charge is 2.37. The number of anilines is 1. The molecule has 0 unspecified atom stereocenters. The summed E-state index contributed by atoms with van der Waals surface area (Å²) in [5.41, 5.74) is 3.84. The van der Waals surface area contributed by atoms with Crippen molar-refractivity contribution in [1.82, 2.24) is 10.3 Å². The SMILES string of the molecule is CCCCNC(=O)N1C(=O)C(=Cc2[nH]c(C)cc2C)c2cc(F)ccc21. The number of aromatic nitrogens is 1. The lowest BCUT2D eigenvalue weighted by molar-refractivity contribution is -0.112. The first kappa shape index (κ1) is 17.9. The number of benzene rings is 1. The maximum absolute atomic E-state index is 13.8. The number of amides is 3. The van der Waals surface area contributed by atoms with Gasteiger partial charge in [0.2, 0.25) is 0 Å². The van der Waals surface area contributed by atoms with E-state index >= 15 is 0 Å². The Morgan fingerprint density at radius 1 is 1.31 bits per heavy atom. The van der Waals surface area contributed by atoms with Gasteiger partial charge in [0.25, 0.3) is 5.91 Å². The van der Waals surface area contributed by atoms with Crippen LogP contribution in [0.3, 0.4) is 0 Å². The quantitative estimate of drug-likeness (QED) is 0.639. The Hall–Kier alpha value is -2.89. The molecule has 0 radical (unpaired) electrons. The maximum atomic E-state index is 13.8. The number of carbonyl (C=O) groups excluding carboxylic acids is 2. The second-order valence-electron chi connectivity index (χ2n) is 6.49. The number of unbranched alkanes of at least 4 members (excludes halogenated alkanes) is 1. The molecule has 26 heavy (non-hydrogen) atoms. The van der Waals surface area contributed by atoms with Crippen LogP contribution in [0.2, 0.25) is 0 Å². The standard InChI is InChI=1S/C20H22FN3O2/c1-4-5-8-22-20(26)24-18-7-6-14(21)10-15(18)16(19(24)25)11-17-12(2)9-13(3)23-17/h6-7,9-11,23H,4-5,8H2,1-3H3,(H,22,26). The number of imide groups is 1. The van der Waals surface area contributed by atoms with Crippen LogP contribution in [0.25, 0.3) is 11.6 Å². The molecule has 6 heteroatoms. The van der Waals surface area contributed by atoms with Gasteiger partial charge in [-0.3, -0.25) is 4.79 Å². The molecule has 136 valence electrons. The number of hydrogen-bond donors (Lipinski definition) is 2. The van der Waals surface area contributed by atoms with Crippen molar-refractivity contribution >= 4 is 29.3 Å². The zero-order chi connectivity index (χ0) is 18.8. The third-order valence-electron chi connectivity index (χ3n) is 4.41. The monoisotopic (exact) mass is 355 g/mol. The Balaban J connectivity index is 2.02. The van der Waals surface area contributed by atoms with E-state index in [1.165, 1.54) is 18.2 Å². The van der Waals surface area contributed by atoms with E-state index < -0.39 is 17.8 Å². The van der Waals surface area contributed by atoms with E-state index in [0.717, 1.165) is 34.7 Å². The minimum Gasteiger partial charge on any atom is -0.359 e. The highest BCUT2D eigenvalue weighted by atomic mass is 19.1. The number of nitrogens with zero attached hydrogens (tertiary/aromatic N) is 1. The number of urea groups is 1. The molecule has 0 saturated carbocycles. The molecule has 0 spiro atoms. The fourth-order valence-corrected chi connectivity index (χ4v) is 3.10. The van der Waals surface area contributed by atoms with Crippen molar-refractivity contribution in [2.24, 2.45) is 0 Å². The molecule has 3 amide bonds. The summed E-state index contributed by atoms with van der Waals surface area (Å²) in [4.78, 5) is 29.7. The first-order valence-electron chi connectivity index (χ1n) is 8.72. The van der Waals surface area contributed by atoms with Gasteiger partial charge in [0, 0.05) is 23.5 Å². The highest BCUT2D eigenvalue weighted by Crippen LogP contribution is 2.38. The highest BCUT2D eigenvalue weighted by molar-refractivity contribution is 6.41. The van der Waals surface area contributed by atoms with Gasteiger partial charge < -0.3 is 10.3 Å². The predicted octanol–water partition coefficient (Wildman–Crippen LogP) is 4.17. The molecule has 0 aliphatic carbocycles. The van der Waals surface area contributed by atoms with Gasteiger partial charge in [-0.2, -0.15) is 0 Å². The minimum atomic E-state index is -0.487. The number of aromatic amines is 1. The minimum absolute atomic E-state index is 0.301. The molecule has 0 bridgehead atoms. The topological polar surface area (TPSA) is 65.2 Å². The van der Waals surface area contributed by atoms with Crippen molar-refractivity contribution in [3.63, 3.8) is 0 Å². The second-order valence-corrected chi connectivity index (χ2v) is 6.49. The van der Waals surface area contributed by atoms with Crippen LogP contribution in [-0.4, -0.2) is 23.5 Å². The molecule has 2 N–H and O–H groups in total. The summed E-state index contributed by atoms with van der Waals surface area (Å²) < 4.78 is 13.8. The number of carbonyl (C=O) groups is 2. The molecule has 0 fully saturated rings. The molecule has 0 saturated heterocycles. The summed E-state index contributed by atoms with van der Waals surface area (Å²) >= 11 is 0. The third kappa shape index (κ3) is 3.27. The first-order valence-corrected chi connectivity index (χ1v) is 8.72. The molecule has 0 atom stereocenters. The summed E-state index contributed by atoms with van der Waals surface area (Å²) in [5, 5.41) is 2.75. The summed E-state index contributed by atoms with van der Waals surface area (Å²) in [5.74, 6) is -0.902. The van der Waals surface area contributed by atoms with Gasteiger partial charge in [-0.1, -0.05) is 13.3 Å². The fraction of sp³-hybridized carbons (Fsp3) is 0.300. The first-order chi connectivity index (χ1) is 12.4. The van der Waals surface area contributed by atoms with Crippen LogP contribution in [0.1, 0.15) is 42.3 Å². The number of rotatable bonds is 4. The third-order valence-corrected chi connectivity index (χ3v) is 4.41. The molecule has 1 aliphatic rings. The lowest BCUT2D eigenvalue weighted by Crippen LogP contribution is -2.42. The van der Waals surface area contributed by atoms with Crippen LogP contribution in [0.5, 0.6) is 0 Å². The molecular weight excluding hydrogens is 333 g/mol. The zero-order valence-corrected chi connectivity index (χ0v) is 15.1. The normalized spacial score (nSPS) is 14.8. The molecule has 2 aromatic rings. The number of H-pyrrole nitrogens is 1. The van der Waals surface area contributed by atoms with Crippen molar-refractivity contribution in [2.45, 2.75) is 33.6 Å². The van der Waals surface area contributed by atoms with Crippen molar-refractivity contribution in [3.8, 4) is 0 Å². The summed E-state index contributed by atoms with van der Waals surface area (Å²) in [6.07, 6.45) is 3.45. The summed E-state index contributed by atoms with van der Waals surface area (Å²) in [6, 6.07) is 5.50. The van der Waals surface area contributed by atoms with Gasteiger partial charge >= 0.3 is 6.03 Å². The average molecular weight is 355 g/mol. The average Bonchev–Trinajstić information content (AvgIpc) is 3.04. The Labute approximate surface area is 151 Å². The van der Waals surface area contributed by atoms with Gasteiger partial charge in [0.1, 0.15) is 5.82 Å². The molecule has 1 aromatic heterocycles. The molecule has 5 nitrogen and oxygen atoms in total. The Morgan fingerprint density at radius 3 is 2.73 bits per heavy atom. The lowest BCUT2D eigenvalue weighted by Gasteiger charge is -2.15. The summed E-state index contributed by atoms with van der Waals surface area (Å²) in [6.45, 7) is 6.36. The van der Waals surface area contributed by atoms with Gasteiger partial charge in [-0.15, -0.1) is 0 Å². The van der Waals surface area contributed by atoms with Crippen LogP contribution >= 0.6 is 0 Å². The largest absolute Gasteiger partial charge is 0.359 e. The van der Waals surface area contributed by atoms with E-state index in [1.54, 1.807) is 6.08 Å². The number of nitrogens with one attached hydrogen (secondary N) is 2. The maximum Gasteiger partial charge on any atom is 0.329 e. The number of aryl methyl sites for hydroxylation is 2. The lowest BCUT2D eigenvalue weighted by atomic mass is 10.1. The Bertz CT molecular complexity index is 898. The van der Waals surface area contributed by atoms with Gasteiger partial charge in [0.15, 0.2) is 0 Å². The van der Waals surface area contributed by atoms with E-state index in [4.69, 9.17) is 0 Å². The van der Waals surface area contributed by atoms with Gasteiger partial charge in [-0.05, 0) is 56.2 Å². The Morgan fingerprint density at radius 2 is 2.08 bits per heavy atom. The molecule has 2 heterocycles. The number of fused-ring (bicyclic) bond motifs is 1. The van der Waals surface area contributed by atoms with Crippen LogP contribution in [0, 0.1) is 19.7 Å². The van der Waals surface area contributed by atoms with Gasteiger partial charge in [0.05, 0.1) is 11.3 Å². The number of halogens is 1. The molecule has 1 aliphatic heterocycles. The number of hydrogen-bond acceptors (Lipinski definition) is 2. The fourth-order valence-electron chi connectivity index (χ4n) is 3.10. The van der Waals surface area contributed by atoms with Crippen LogP contribution in [0.4, 0.5) is 14.9 Å². The van der Waals surface area contributed by atoms with E-state index in [1.807, 2.05) is 26.8 Å². The van der Waals surface area contributed by atoms with E-state index in [2.05, 4.69) is 10.3 Å². The van der Waals surface area contributed by atoms with Crippen molar-refractivity contribution in [1.29, 1.82) is 0 Å². The van der Waals surface area contributed by atoms with E-state index in [0.29, 0.717) is 23.4 Å². The zero-order valence-electron chi connectivity index (χ0n) is 15.1. The van der Waals surface area contributed by atoms with Crippen LogP contribution in [0.15, 0.2) is 24.3 Å². The van der Waals surface area contributed by atoms with Crippen molar-refractivity contribution < 1.29 is 14.0 Å². The van der Waals surface area contributed by atoms with E-state index in [-0.39, 0.29) is 0 Å². The van der Waals surface area contributed by atoms with Crippen molar-refractivity contribution in [3.05, 3.63) is 52.6 Å². The van der Waals surface area contributed by atoms with Crippen LogP contribution < -0.4 is 10.2 Å². The van der Waals surface area contributed by atoms with E-state index in [9.17, 15) is 14.0 Å². The second kappa shape index (κ2) is 7.15. The van der Waals surface area contributed by atoms with Crippen molar-refractivity contribution in [2.75, 3.05) is 11.4 Å². The van der Waals surface area contributed by atoms with Crippen LogP contribution in [-0.2, 0) is 4.79 Å². The smallest absolute Gasteiger partial charge is 0.329 e. The summed E-state index contributed by atoms with van der Waals surface area (Å²) in [7, 11) is 0. The molecule has 1 aromatic carbocycles. The molecular formula is C20H22FN3O2. The Kier molecular flexibility index (Phi) is 4.93. The predicted molar refractivity (Wildman–Crippen MR) is 100 cm³/mol. The van der Waals surface area contributed by atoms with Gasteiger partial charge in [-0.25, -0.2) is 14.1 Å². The molecule has 3 rings (SSSR count).